The van der Waals surface area contributed by atoms with Crippen molar-refractivity contribution in [1.82, 2.24) is 0 Å². The summed E-state index contributed by atoms with van der Waals surface area (Å²) in [6, 6.07) is 1.16. The van der Waals surface area contributed by atoms with Crippen LogP contribution >= 0.6 is 0 Å². The predicted octanol–water partition coefficient (Wildman–Crippen LogP) is 2.03. The van der Waals surface area contributed by atoms with Gasteiger partial charge in [0.2, 0.25) is 0 Å². The second-order valence-corrected chi connectivity index (χ2v) is 10.2. The molecule has 0 amide bonds. The number of nitrogens with two attached hydrogens (primary N) is 2. The minimum Gasteiger partial charge on any atom is -0.412 e. The van der Waals surface area contributed by atoms with Gasteiger partial charge in [0, 0.05) is 5.92 Å². The Bertz CT molecular complexity index is 239. The average Bonchev–Trinajstić information content (AvgIpc) is 1.99. The highest BCUT2D eigenvalue weighted by molar-refractivity contribution is 6.71. The van der Waals surface area contributed by atoms with Gasteiger partial charge in [-0.25, -0.2) is 0 Å². The van der Waals surface area contributed by atoms with Crippen molar-refractivity contribution < 1.29 is 4.43 Å². The zero-order valence-corrected chi connectivity index (χ0v) is 11.8. The monoisotopic (exact) mass is 230 g/mol. The van der Waals surface area contributed by atoms with E-state index in [1.54, 1.807) is 0 Å². The summed E-state index contributed by atoms with van der Waals surface area (Å²) in [5.41, 5.74) is 11.6. The van der Waals surface area contributed by atoms with Gasteiger partial charge in [-0.05, 0) is 45.8 Å². The van der Waals surface area contributed by atoms with Crippen LogP contribution in [0.15, 0.2) is 0 Å². The van der Waals surface area contributed by atoms with Crippen LogP contribution in [0, 0.1) is 5.92 Å². The molecule has 3 nitrogen and oxygen atoms in total. The zero-order chi connectivity index (χ0) is 11.9. The highest BCUT2D eigenvalue weighted by Crippen LogP contribution is 2.41. The van der Waals surface area contributed by atoms with E-state index in [1.807, 2.05) is 6.92 Å². The summed E-state index contributed by atoms with van der Waals surface area (Å²) in [7, 11) is -1.47. The molecule has 4 N–H and O–H groups in total. The van der Waals surface area contributed by atoms with E-state index in [0.29, 0.717) is 0 Å². The fraction of sp³-hybridized carbons (Fsp3) is 1.00. The van der Waals surface area contributed by atoms with Crippen molar-refractivity contribution in [2.24, 2.45) is 17.4 Å². The summed E-state index contributed by atoms with van der Waals surface area (Å²) < 4.78 is 6.24. The third kappa shape index (κ3) is 2.81. The minimum atomic E-state index is -1.47. The molecule has 0 spiro atoms. The largest absolute Gasteiger partial charge is 0.412 e. The van der Waals surface area contributed by atoms with E-state index < -0.39 is 14.0 Å². The van der Waals surface area contributed by atoms with E-state index in [0.717, 1.165) is 18.9 Å². The molecule has 1 rings (SSSR count). The van der Waals surface area contributed by atoms with Gasteiger partial charge in [0.25, 0.3) is 0 Å². The maximum absolute atomic E-state index is 6.24. The Kier molecular flexibility index (Phi) is 3.37. The van der Waals surface area contributed by atoms with Crippen LogP contribution in [0.1, 0.15) is 33.6 Å². The Morgan fingerprint density at radius 1 is 1.40 bits per heavy atom. The minimum absolute atomic E-state index is 0.173. The van der Waals surface area contributed by atoms with Gasteiger partial charge in [-0.3, -0.25) is 0 Å². The molecule has 4 heteroatoms. The summed E-state index contributed by atoms with van der Waals surface area (Å²) in [4.78, 5) is 0. The van der Waals surface area contributed by atoms with E-state index >= 15 is 0 Å². The topological polar surface area (TPSA) is 61.3 Å². The molecule has 1 atom stereocenters. The molecule has 0 aromatic heterocycles. The molecule has 0 bridgehead atoms. The second kappa shape index (κ2) is 3.84. The molecular weight excluding hydrogens is 204 g/mol. The van der Waals surface area contributed by atoms with Gasteiger partial charge >= 0.3 is 0 Å². The highest BCUT2D eigenvalue weighted by Gasteiger charge is 2.48. The number of rotatable bonds is 2. The predicted molar refractivity (Wildman–Crippen MR) is 67.0 cm³/mol. The van der Waals surface area contributed by atoms with Crippen LogP contribution in [0.3, 0.4) is 0 Å². The van der Waals surface area contributed by atoms with Crippen LogP contribution < -0.4 is 11.5 Å². The lowest BCUT2D eigenvalue weighted by molar-refractivity contribution is -0.0237. The highest BCUT2D eigenvalue weighted by atomic mass is 28.4. The molecule has 15 heavy (non-hydrogen) atoms. The van der Waals surface area contributed by atoms with Crippen molar-refractivity contribution in [3.63, 3.8) is 0 Å². The van der Waals surface area contributed by atoms with Gasteiger partial charge in [0.15, 0.2) is 8.32 Å². The Morgan fingerprint density at radius 3 is 2.33 bits per heavy atom. The smallest absolute Gasteiger partial charge is 0.187 e. The van der Waals surface area contributed by atoms with Crippen LogP contribution in [0.25, 0.3) is 0 Å². The van der Waals surface area contributed by atoms with Gasteiger partial charge in [-0.2, -0.15) is 0 Å². The van der Waals surface area contributed by atoms with Crippen LogP contribution in [-0.2, 0) is 4.43 Å². The van der Waals surface area contributed by atoms with E-state index in [-0.39, 0.29) is 11.5 Å². The first-order chi connectivity index (χ1) is 6.61. The normalized spacial score (nSPS) is 30.2. The molecule has 1 saturated heterocycles. The maximum atomic E-state index is 6.24. The van der Waals surface area contributed by atoms with E-state index in [9.17, 15) is 0 Å². The molecule has 1 heterocycles. The number of hydrogen-bond donors (Lipinski definition) is 2. The Morgan fingerprint density at radius 2 is 1.93 bits per heavy atom. The third-order valence-corrected chi connectivity index (χ3v) is 6.25. The lowest BCUT2D eigenvalue weighted by Crippen LogP contribution is -2.65. The first kappa shape index (κ1) is 13.2. The average molecular weight is 230 g/mol. The van der Waals surface area contributed by atoms with E-state index in [4.69, 9.17) is 15.9 Å². The van der Waals surface area contributed by atoms with Gasteiger partial charge in [-0.15, -0.1) is 0 Å². The lowest BCUT2D eigenvalue weighted by Gasteiger charge is -2.51. The van der Waals surface area contributed by atoms with Crippen molar-refractivity contribution >= 4 is 8.32 Å². The molecule has 0 aromatic rings. The molecular formula is C11H26N2OSi. The summed E-state index contributed by atoms with van der Waals surface area (Å²) in [5, 5.41) is 0. The fourth-order valence-corrected chi connectivity index (χ4v) is 5.49. The van der Waals surface area contributed by atoms with Crippen molar-refractivity contribution in [1.29, 1.82) is 0 Å². The third-order valence-electron chi connectivity index (χ3n) is 3.67. The SMILES string of the molecule is CCC(N)(N)C1CC[Si](C)(C)OC1(C)C. The fourth-order valence-electron chi connectivity index (χ4n) is 2.84. The van der Waals surface area contributed by atoms with Gasteiger partial charge in [0.05, 0.1) is 11.3 Å². The van der Waals surface area contributed by atoms with Crippen LogP contribution in [0.5, 0.6) is 0 Å². The first-order valence-corrected chi connectivity index (χ1v) is 9.00. The molecule has 1 aliphatic rings. The molecule has 0 aromatic carbocycles. The van der Waals surface area contributed by atoms with Crippen LogP contribution in [0.4, 0.5) is 0 Å². The summed E-state index contributed by atoms with van der Waals surface area (Å²) >= 11 is 0. The maximum Gasteiger partial charge on any atom is 0.187 e. The quantitative estimate of drug-likeness (QED) is 0.563. The summed E-state index contributed by atoms with van der Waals surface area (Å²) in [6.07, 6.45) is 1.90. The van der Waals surface area contributed by atoms with Gasteiger partial charge < -0.3 is 15.9 Å². The summed E-state index contributed by atoms with van der Waals surface area (Å²) in [6.45, 7) is 10.9. The number of hydrogen-bond acceptors (Lipinski definition) is 3. The molecule has 0 saturated carbocycles. The van der Waals surface area contributed by atoms with Crippen molar-refractivity contribution in [3.8, 4) is 0 Å². The Balaban J connectivity index is 2.86. The van der Waals surface area contributed by atoms with Crippen molar-refractivity contribution in [3.05, 3.63) is 0 Å². The van der Waals surface area contributed by atoms with Gasteiger partial charge in [-0.1, -0.05) is 6.92 Å². The van der Waals surface area contributed by atoms with Crippen LogP contribution in [-0.4, -0.2) is 19.6 Å². The molecule has 90 valence electrons. The molecule has 1 aliphatic heterocycles. The Hall–Kier alpha value is 0.0969. The van der Waals surface area contributed by atoms with Crippen LogP contribution in [0.2, 0.25) is 19.1 Å². The van der Waals surface area contributed by atoms with Crippen molar-refractivity contribution in [2.75, 3.05) is 0 Å². The second-order valence-electron chi connectivity index (χ2n) is 6.02. The molecule has 1 unspecified atom stereocenters. The lowest BCUT2D eigenvalue weighted by atomic mass is 9.77. The molecule has 0 aliphatic carbocycles. The van der Waals surface area contributed by atoms with E-state index in [2.05, 4.69) is 26.9 Å². The van der Waals surface area contributed by atoms with E-state index in [1.165, 1.54) is 0 Å². The zero-order valence-electron chi connectivity index (χ0n) is 10.8. The molecule has 1 fully saturated rings. The first-order valence-electron chi connectivity index (χ1n) is 5.89. The molecule has 0 radical (unpaired) electrons. The standard InChI is InChI=1S/C11H26N2OSi/c1-6-11(12,13)9-7-8-15(4,5)14-10(9,2)3/h9H,6-8,12-13H2,1-5H3. The summed E-state index contributed by atoms with van der Waals surface area (Å²) in [5.74, 6) is 0.260. The Labute approximate surface area is 94.7 Å². The van der Waals surface area contributed by atoms with Crippen molar-refractivity contribution in [2.45, 2.75) is 64.0 Å². The van der Waals surface area contributed by atoms with Gasteiger partial charge in [0.1, 0.15) is 0 Å².